The number of aromatic nitrogens is 2. The summed E-state index contributed by atoms with van der Waals surface area (Å²) in [5.74, 6) is 0.104. The molecule has 3 rings (SSSR count). The zero-order valence-electron chi connectivity index (χ0n) is 9.67. The van der Waals surface area contributed by atoms with Crippen molar-refractivity contribution < 1.29 is 14.3 Å². The lowest BCUT2D eigenvalue weighted by Gasteiger charge is -2.22. The molecule has 1 aliphatic rings. The van der Waals surface area contributed by atoms with Crippen LogP contribution in [0, 0.1) is 0 Å². The average molecular weight is 247 g/mol. The van der Waals surface area contributed by atoms with Crippen LogP contribution in [-0.2, 0) is 13.0 Å². The van der Waals surface area contributed by atoms with Crippen LogP contribution in [0.15, 0.2) is 22.8 Å². The molecule has 1 aliphatic heterocycles. The van der Waals surface area contributed by atoms with Crippen LogP contribution in [0.1, 0.15) is 22.6 Å². The van der Waals surface area contributed by atoms with E-state index < -0.39 is 5.97 Å². The molecule has 0 bridgehead atoms. The topological polar surface area (TPSA) is 94.3 Å². The molecule has 94 valence electrons. The molecule has 2 aromatic heterocycles. The Hall–Kier alpha value is -2.08. The first-order chi connectivity index (χ1) is 8.66. The maximum Gasteiger partial charge on any atom is 0.356 e. The minimum Gasteiger partial charge on any atom is -0.476 e. The summed E-state index contributed by atoms with van der Waals surface area (Å²) in [6, 6.07) is 3.55. The Morgan fingerprint density at radius 3 is 3.11 bits per heavy atom. The van der Waals surface area contributed by atoms with Crippen molar-refractivity contribution in [2.75, 3.05) is 0 Å². The van der Waals surface area contributed by atoms with E-state index in [1.165, 1.54) is 0 Å². The molecule has 0 spiro atoms. The predicted molar refractivity (Wildman–Crippen MR) is 63.2 cm³/mol. The van der Waals surface area contributed by atoms with Gasteiger partial charge in [-0.2, -0.15) is 0 Å². The molecule has 6 nitrogen and oxygen atoms in total. The highest BCUT2D eigenvalue weighted by atomic mass is 16.4. The van der Waals surface area contributed by atoms with E-state index in [9.17, 15) is 9.90 Å². The molecule has 0 amide bonds. The summed E-state index contributed by atoms with van der Waals surface area (Å²) < 4.78 is 7.15. The number of fused-ring (bicyclic) bond motifs is 1. The van der Waals surface area contributed by atoms with Crippen LogP contribution >= 0.6 is 0 Å². The van der Waals surface area contributed by atoms with E-state index in [1.807, 2.05) is 4.57 Å². The first kappa shape index (κ1) is 11.0. The Morgan fingerprint density at radius 1 is 1.61 bits per heavy atom. The molecular formula is C12H13N3O3. The van der Waals surface area contributed by atoms with E-state index in [4.69, 9.17) is 10.2 Å². The highest BCUT2D eigenvalue weighted by Gasteiger charge is 2.27. The van der Waals surface area contributed by atoms with Gasteiger partial charge < -0.3 is 19.8 Å². The lowest BCUT2D eigenvalue weighted by molar-refractivity contribution is 0.0689. The average Bonchev–Trinajstić information content (AvgIpc) is 2.93. The second kappa shape index (κ2) is 3.99. The Morgan fingerprint density at radius 2 is 2.44 bits per heavy atom. The zero-order chi connectivity index (χ0) is 12.7. The zero-order valence-corrected chi connectivity index (χ0v) is 9.67. The number of hydrogen-bond acceptors (Lipinski definition) is 4. The minimum absolute atomic E-state index is 0.0297. The highest BCUT2D eigenvalue weighted by molar-refractivity contribution is 5.87. The Bertz CT molecular complexity index is 586. The van der Waals surface area contributed by atoms with Gasteiger partial charge in [-0.25, -0.2) is 9.78 Å². The van der Waals surface area contributed by atoms with Crippen molar-refractivity contribution in [3.8, 4) is 11.6 Å². The SMILES string of the molecule is NC1CCc2c(C(=O)O)nc(-c3ccco3)n2C1. The number of hydrogen-bond donors (Lipinski definition) is 2. The number of aromatic carboxylic acids is 1. The van der Waals surface area contributed by atoms with Crippen LogP contribution in [0.5, 0.6) is 0 Å². The van der Waals surface area contributed by atoms with Crippen LogP contribution in [0.2, 0.25) is 0 Å². The summed E-state index contributed by atoms with van der Waals surface area (Å²) in [4.78, 5) is 15.4. The highest BCUT2D eigenvalue weighted by Crippen LogP contribution is 2.27. The maximum absolute atomic E-state index is 11.2. The van der Waals surface area contributed by atoms with Gasteiger partial charge in [0.25, 0.3) is 0 Å². The van der Waals surface area contributed by atoms with Crippen molar-refractivity contribution in [2.45, 2.75) is 25.4 Å². The Labute approximate surface area is 103 Å². The molecule has 3 heterocycles. The molecule has 3 N–H and O–H groups in total. The van der Waals surface area contributed by atoms with E-state index in [0.717, 1.165) is 12.1 Å². The van der Waals surface area contributed by atoms with E-state index in [2.05, 4.69) is 4.98 Å². The summed E-state index contributed by atoms with van der Waals surface area (Å²) >= 11 is 0. The van der Waals surface area contributed by atoms with Gasteiger partial charge in [0.2, 0.25) is 0 Å². The third-order valence-corrected chi connectivity index (χ3v) is 3.19. The molecule has 1 unspecified atom stereocenters. The Balaban J connectivity index is 2.18. The Kier molecular flexibility index (Phi) is 2.45. The van der Waals surface area contributed by atoms with Gasteiger partial charge in [-0.05, 0) is 25.0 Å². The molecule has 0 fully saturated rings. The van der Waals surface area contributed by atoms with Gasteiger partial charge in [0, 0.05) is 12.6 Å². The van der Waals surface area contributed by atoms with Crippen molar-refractivity contribution in [1.82, 2.24) is 9.55 Å². The summed E-state index contributed by atoms with van der Waals surface area (Å²) in [7, 11) is 0. The van der Waals surface area contributed by atoms with Crippen LogP contribution in [-0.4, -0.2) is 26.7 Å². The van der Waals surface area contributed by atoms with Crippen molar-refractivity contribution in [2.24, 2.45) is 5.73 Å². The van der Waals surface area contributed by atoms with E-state index in [0.29, 0.717) is 24.6 Å². The maximum atomic E-state index is 11.2. The quantitative estimate of drug-likeness (QED) is 0.829. The predicted octanol–water partition coefficient (Wildman–Crippen LogP) is 1.11. The van der Waals surface area contributed by atoms with Crippen LogP contribution in [0.3, 0.4) is 0 Å². The van der Waals surface area contributed by atoms with Crippen molar-refractivity contribution in [3.05, 3.63) is 29.8 Å². The first-order valence-electron chi connectivity index (χ1n) is 5.79. The molecule has 0 saturated heterocycles. The number of nitrogens with two attached hydrogens (primary N) is 1. The van der Waals surface area contributed by atoms with E-state index in [1.54, 1.807) is 18.4 Å². The second-order valence-corrected chi connectivity index (χ2v) is 4.42. The van der Waals surface area contributed by atoms with Gasteiger partial charge in [0.05, 0.1) is 12.0 Å². The second-order valence-electron chi connectivity index (χ2n) is 4.42. The van der Waals surface area contributed by atoms with Crippen LogP contribution in [0.25, 0.3) is 11.6 Å². The van der Waals surface area contributed by atoms with Crippen LogP contribution in [0.4, 0.5) is 0 Å². The van der Waals surface area contributed by atoms with Gasteiger partial charge in [-0.3, -0.25) is 0 Å². The van der Waals surface area contributed by atoms with E-state index >= 15 is 0 Å². The number of carboxylic acids is 1. The molecule has 0 radical (unpaired) electrons. The normalized spacial score (nSPS) is 18.6. The molecule has 0 aliphatic carbocycles. The fourth-order valence-corrected chi connectivity index (χ4v) is 2.35. The number of carbonyl (C=O) groups is 1. The standard InChI is InChI=1S/C12H13N3O3/c13-7-3-4-8-10(12(16)17)14-11(15(8)6-7)9-2-1-5-18-9/h1-2,5,7H,3-4,6,13H2,(H,16,17). The van der Waals surface area contributed by atoms with Gasteiger partial charge in [-0.1, -0.05) is 0 Å². The molecule has 18 heavy (non-hydrogen) atoms. The number of rotatable bonds is 2. The number of imidazole rings is 1. The summed E-state index contributed by atoms with van der Waals surface area (Å²) in [5, 5.41) is 9.18. The third kappa shape index (κ3) is 1.62. The fraction of sp³-hybridized carbons (Fsp3) is 0.333. The van der Waals surface area contributed by atoms with Crippen molar-refractivity contribution >= 4 is 5.97 Å². The summed E-state index contributed by atoms with van der Waals surface area (Å²) in [5.41, 5.74) is 6.77. The minimum atomic E-state index is -1.01. The molecule has 6 heteroatoms. The molecule has 2 aromatic rings. The smallest absolute Gasteiger partial charge is 0.356 e. The molecular weight excluding hydrogens is 234 g/mol. The van der Waals surface area contributed by atoms with Crippen molar-refractivity contribution in [3.63, 3.8) is 0 Å². The molecule has 0 saturated carbocycles. The van der Waals surface area contributed by atoms with Crippen LogP contribution < -0.4 is 5.73 Å². The molecule has 0 aromatic carbocycles. The number of nitrogens with zero attached hydrogens (tertiary/aromatic N) is 2. The van der Waals surface area contributed by atoms with Gasteiger partial charge in [-0.15, -0.1) is 0 Å². The van der Waals surface area contributed by atoms with Gasteiger partial charge in [0.1, 0.15) is 0 Å². The lowest BCUT2D eigenvalue weighted by Crippen LogP contribution is -2.32. The number of carboxylic acid groups (broad SMARTS) is 1. The summed E-state index contributed by atoms with van der Waals surface area (Å²) in [6.45, 7) is 0.575. The van der Waals surface area contributed by atoms with Gasteiger partial charge in [0.15, 0.2) is 17.3 Å². The van der Waals surface area contributed by atoms with E-state index in [-0.39, 0.29) is 11.7 Å². The van der Waals surface area contributed by atoms with Gasteiger partial charge >= 0.3 is 5.97 Å². The first-order valence-corrected chi connectivity index (χ1v) is 5.79. The number of furan rings is 1. The largest absolute Gasteiger partial charge is 0.476 e. The lowest BCUT2D eigenvalue weighted by atomic mass is 10.0. The monoisotopic (exact) mass is 247 g/mol. The summed E-state index contributed by atoms with van der Waals surface area (Å²) in [6.07, 6.45) is 2.96. The molecule has 1 atom stereocenters. The van der Waals surface area contributed by atoms with Crippen molar-refractivity contribution in [1.29, 1.82) is 0 Å². The fourth-order valence-electron chi connectivity index (χ4n) is 2.35. The third-order valence-electron chi connectivity index (χ3n) is 3.19.